The Morgan fingerprint density at radius 1 is 1.38 bits per heavy atom. The Kier molecular flexibility index (Phi) is 2.56. The number of aryl methyl sites for hydroxylation is 1. The van der Waals surface area contributed by atoms with Gasteiger partial charge in [-0.3, -0.25) is 0 Å². The van der Waals surface area contributed by atoms with Gasteiger partial charge in [-0.15, -0.1) is 0 Å². The van der Waals surface area contributed by atoms with Crippen LogP contribution in [0.15, 0.2) is 12.1 Å². The lowest BCUT2D eigenvalue weighted by Gasteiger charge is -2.07. The number of methoxy groups -OCH3 is 1. The molecule has 0 heterocycles. The molecule has 0 bridgehead atoms. The quantitative estimate of drug-likeness (QED) is 0.527. The van der Waals surface area contributed by atoms with Gasteiger partial charge in [-0.1, -0.05) is 0 Å². The average Bonchev–Trinajstić information content (AvgIpc) is 2.10. The number of carbonyl (C=O) groups excluding carboxylic acids is 1. The second kappa shape index (κ2) is 3.47. The molecule has 0 atom stereocenters. The van der Waals surface area contributed by atoms with Crippen LogP contribution >= 0.6 is 0 Å². The van der Waals surface area contributed by atoms with Crippen LogP contribution in [0.25, 0.3) is 0 Å². The zero-order chi connectivity index (χ0) is 10.0. The molecule has 0 saturated carbocycles. The lowest BCUT2D eigenvalue weighted by Crippen LogP contribution is -2.06. The molecule has 0 fully saturated rings. The van der Waals surface area contributed by atoms with E-state index in [0.29, 0.717) is 11.3 Å². The summed E-state index contributed by atoms with van der Waals surface area (Å²) in [6.45, 7) is 3.70. The van der Waals surface area contributed by atoms with Gasteiger partial charge in [0.05, 0.1) is 12.7 Å². The predicted molar refractivity (Wildman–Crippen MR) is 51.7 cm³/mol. The molecule has 0 aliphatic rings. The molecule has 0 saturated heterocycles. The molecule has 1 aromatic rings. The summed E-state index contributed by atoms with van der Waals surface area (Å²) in [5.41, 5.74) is 8.61. The molecule has 0 amide bonds. The van der Waals surface area contributed by atoms with E-state index >= 15 is 0 Å². The number of hydrogen-bond acceptors (Lipinski definition) is 3. The monoisotopic (exact) mass is 179 g/mol. The molecule has 0 radical (unpaired) electrons. The Morgan fingerprint density at radius 2 is 2.00 bits per heavy atom. The molecule has 3 heteroatoms. The van der Waals surface area contributed by atoms with Crippen molar-refractivity contribution in [2.45, 2.75) is 13.8 Å². The maximum Gasteiger partial charge on any atom is 0.338 e. The third-order valence-electron chi connectivity index (χ3n) is 2.00. The molecule has 3 nitrogen and oxygen atoms in total. The van der Waals surface area contributed by atoms with Crippen LogP contribution < -0.4 is 5.73 Å². The highest BCUT2D eigenvalue weighted by Crippen LogP contribution is 2.19. The summed E-state index contributed by atoms with van der Waals surface area (Å²) in [4.78, 5) is 11.3. The normalized spacial score (nSPS) is 9.77. The average molecular weight is 179 g/mol. The van der Waals surface area contributed by atoms with Crippen LogP contribution in [0.1, 0.15) is 21.5 Å². The van der Waals surface area contributed by atoms with Gasteiger partial charge in [0, 0.05) is 5.69 Å². The molecule has 1 aromatic carbocycles. The first-order valence-corrected chi connectivity index (χ1v) is 4.01. The third-order valence-corrected chi connectivity index (χ3v) is 2.00. The van der Waals surface area contributed by atoms with Gasteiger partial charge in [-0.2, -0.15) is 0 Å². The number of nitrogen functional groups attached to an aromatic ring is 1. The fourth-order valence-corrected chi connectivity index (χ4v) is 1.21. The molecule has 0 aliphatic heterocycles. The van der Waals surface area contributed by atoms with Gasteiger partial charge in [0.25, 0.3) is 0 Å². The second-order valence-corrected chi connectivity index (χ2v) is 3.02. The molecule has 0 spiro atoms. The summed E-state index contributed by atoms with van der Waals surface area (Å²) in [6, 6.07) is 3.61. The van der Waals surface area contributed by atoms with Crippen LogP contribution in [-0.4, -0.2) is 13.1 Å². The maximum absolute atomic E-state index is 11.3. The van der Waals surface area contributed by atoms with Gasteiger partial charge in [-0.25, -0.2) is 4.79 Å². The highest BCUT2D eigenvalue weighted by molar-refractivity contribution is 5.92. The van der Waals surface area contributed by atoms with Crippen LogP contribution in [0.2, 0.25) is 0 Å². The fraction of sp³-hybridized carbons (Fsp3) is 0.300. The summed E-state index contributed by atoms with van der Waals surface area (Å²) in [5.74, 6) is -0.340. The van der Waals surface area contributed by atoms with Crippen molar-refractivity contribution in [1.29, 1.82) is 0 Å². The van der Waals surface area contributed by atoms with Crippen molar-refractivity contribution in [3.63, 3.8) is 0 Å². The molecule has 13 heavy (non-hydrogen) atoms. The smallest absolute Gasteiger partial charge is 0.338 e. The number of benzene rings is 1. The van der Waals surface area contributed by atoms with E-state index in [1.807, 2.05) is 13.0 Å². The molecule has 2 N–H and O–H groups in total. The van der Waals surface area contributed by atoms with Gasteiger partial charge in [0.1, 0.15) is 0 Å². The Labute approximate surface area is 77.5 Å². The molecule has 0 unspecified atom stereocenters. The number of ether oxygens (including phenoxy) is 1. The van der Waals surface area contributed by atoms with E-state index < -0.39 is 0 Å². The largest absolute Gasteiger partial charge is 0.465 e. The molecular weight excluding hydrogens is 166 g/mol. The van der Waals surface area contributed by atoms with Crippen molar-refractivity contribution in [2.75, 3.05) is 12.8 Å². The second-order valence-electron chi connectivity index (χ2n) is 3.02. The first-order valence-electron chi connectivity index (χ1n) is 4.01. The van der Waals surface area contributed by atoms with Crippen molar-refractivity contribution in [3.8, 4) is 0 Å². The highest BCUT2D eigenvalue weighted by Gasteiger charge is 2.11. The molecular formula is C10H13NO2. The van der Waals surface area contributed by atoms with Gasteiger partial charge >= 0.3 is 5.97 Å². The summed E-state index contributed by atoms with van der Waals surface area (Å²) < 4.78 is 4.63. The maximum atomic E-state index is 11.3. The van der Waals surface area contributed by atoms with E-state index in [-0.39, 0.29) is 5.97 Å². The minimum Gasteiger partial charge on any atom is -0.465 e. The first-order chi connectivity index (χ1) is 6.06. The van der Waals surface area contributed by atoms with Crippen molar-refractivity contribution < 1.29 is 9.53 Å². The van der Waals surface area contributed by atoms with Crippen LogP contribution in [0.4, 0.5) is 5.69 Å². The lowest BCUT2D eigenvalue weighted by molar-refractivity contribution is 0.0600. The number of rotatable bonds is 1. The van der Waals surface area contributed by atoms with E-state index in [0.717, 1.165) is 11.1 Å². The minimum atomic E-state index is -0.340. The summed E-state index contributed by atoms with van der Waals surface area (Å²) >= 11 is 0. The van der Waals surface area contributed by atoms with Crippen molar-refractivity contribution in [2.24, 2.45) is 0 Å². The topological polar surface area (TPSA) is 52.3 Å². The number of esters is 1. The van der Waals surface area contributed by atoms with E-state index in [2.05, 4.69) is 4.74 Å². The number of hydrogen-bond donors (Lipinski definition) is 1. The zero-order valence-corrected chi connectivity index (χ0v) is 8.05. The zero-order valence-electron chi connectivity index (χ0n) is 8.05. The first kappa shape index (κ1) is 9.58. The predicted octanol–water partition coefficient (Wildman–Crippen LogP) is 1.67. The third kappa shape index (κ3) is 1.80. The summed E-state index contributed by atoms with van der Waals surface area (Å²) in [7, 11) is 1.36. The lowest BCUT2D eigenvalue weighted by atomic mass is 10.0. The number of carbonyl (C=O) groups is 1. The van der Waals surface area contributed by atoms with Crippen LogP contribution in [0.3, 0.4) is 0 Å². The standard InChI is InChI=1S/C10H13NO2/c1-6-4-8(10(12)13-3)7(2)9(11)5-6/h4-5H,11H2,1-3H3. The summed E-state index contributed by atoms with van der Waals surface area (Å²) in [6.07, 6.45) is 0. The van der Waals surface area contributed by atoms with E-state index in [1.54, 1.807) is 13.0 Å². The number of anilines is 1. The van der Waals surface area contributed by atoms with Crippen molar-refractivity contribution in [3.05, 3.63) is 28.8 Å². The Hall–Kier alpha value is -1.51. The van der Waals surface area contributed by atoms with E-state index in [4.69, 9.17) is 5.73 Å². The van der Waals surface area contributed by atoms with Crippen LogP contribution in [0.5, 0.6) is 0 Å². The Bertz CT molecular complexity index is 345. The van der Waals surface area contributed by atoms with Crippen molar-refractivity contribution in [1.82, 2.24) is 0 Å². The number of nitrogens with two attached hydrogens (primary N) is 1. The molecule has 1 rings (SSSR count). The van der Waals surface area contributed by atoms with Crippen LogP contribution in [0, 0.1) is 13.8 Å². The highest BCUT2D eigenvalue weighted by atomic mass is 16.5. The molecule has 0 aromatic heterocycles. The van der Waals surface area contributed by atoms with Crippen molar-refractivity contribution >= 4 is 11.7 Å². The van der Waals surface area contributed by atoms with E-state index in [9.17, 15) is 4.79 Å². The van der Waals surface area contributed by atoms with Gasteiger partial charge in [-0.05, 0) is 37.1 Å². The van der Waals surface area contributed by atoms with Gasteiger partial charge in [0.2, 0.25) is 0 Å². The van der Waals surface area contributed by atoms with Gasteiger partial charge in [0.15, 0.2) is 0 Å². The summed E-state index contributed by atoms with van der Waals surface area (Å²) in [5, 5.41) is 0. The molecule has 70 valence electrons. The fourth-order valence-electron chi connectivity index (χ4n) is 1.21. The van der Waals surface area contributed by atoms with E-state index in [1.165, 1.54) is 7.11 Å². The SMILES string of the molecule is COC(=O)c1cc(C)cc(N)c1C. The van der Waals surface area contributed by atoms with Crippen LogP contribution in [-0.2, 0) is 4.74 Å². The minimum absolute atomic E-state index is 0.340. The Morgan fingerprint density at radius 3 is 2.54 bits per heavy atom. The molecule has 0 aliphatic carbocycles. The van der Waals surface area contributed by atoms with Gasteiger partial charge < -0.3 is 10.5 Å². The Balaban J connectivity index is 3.28.